The molecule has 1 amide bonds. The van der Waals surface area contributed by atoms with Gasteiger partial charge in [-0.1, -0.05) is 18.2 Å². The number of benzene rings is 2. The van der Waals surface area contributed by atoms with Gasteiger partial charge in [0.05, 0.1) is 7.11 Å². The number of ether oxygens (including phenoxy) is 3. The Balaban J connectivity index is 1.23. The van der Waals surface area contributed by atoms with Crippen LogP contribution in [0.15, 0.2) is 42.5 Å². The van der Waals surface area contributed by atoms with Crippen LogP contribution in [0.4, 0.5) is 0 Å². The Labute approximate surface area is 203 Å². The van der Waals surface area contributed by atoms with E-state index in [-0.39, 0.29) is 11.8 Å². The molecule has 1 fully saturated rings. The molecule has 1 atom stereocenters. The molecule has 34 heavy (non-hydrogen) atoms. The number of carbonyl (C=O) groups is 1. The Kier molecular flexibility index (Phi) is 8.83. The quantitative estimate of drug-likeness (QED) is 0.565. The van der Waals surface area contributed by atoms with Crippen LogP contribution in [0.25, 0.3) is 0 Å². The highest BCUT2D eigenvalue weighted by Gasteiger charge is 2.23. The highest BCUT2D eigenvalue weighted by molar-refractivity contribution is 5.77. The Bertz CT molecular complexity index is 942. The molecule has 1 aliphatic carbocycles. The first-order valence-electron chi connectivity index (χ1n) is 12.6. The zero-order valence-corrected chi connectivity index (χ0v) is 20.6. The van der Waals surface area contributed by atoms with E-state index in [1.165, 1.54) is 11.1 Å². The van der Waals surface area contributed by atoms with Crippen molar-refractivity contribution in [3.63, 3.8) is 0 Å². The van der Waals surface area contributed by atoms with Gasteiger partial charge in [0.2, 0.25) is 5.91 Å². The first-order chi connectivity index (χ1) is 16.6. The molecule has 1 N–H and O–H groups in total. The maximum Gasteiger partial charge on any atom is 0.220 e. The molecule has 0 saturated carbocycles. The summed E-state index contributed by atoms with van der Waals surface area (Å²) >= 11 is 0. The minimum absolute atomic E-state index is 0.0954. The van der Waals surface area contributed by atoms with E-state index in [2.05, 4.69) is 29.4 Å². The van der Waals surface area contributed by atoms with Gasteiger partial charge in [-0.05, 0) is 86.0 Å². The average Bonchev–Trinajstić information content (AvgIpc) is 2.88. The van der Waals surface area contributed by atoms with Crippen LogP contribution in [0.2, 0.25) is 0 Å². The lowest BCUT2D eigenvalue weighted by Crippen LogP contribution is -2.38. The van der Waals surface area contributed by atoms with Gasteiger partial charge in [0.1, 0.15) is 18.1 Å². The van der Waals surface area contributed by atoms with Crippen LogP contribution < -0.4 is 14.8 Å². The number of hydrogen-bond acceptors (Lipinski definition) is 5. The van der Waals surface area contributed by atoms with Crippen LogP contribution in [0.5, 0.6) is 11.5 Å². The summed E-state index contributed by atoms with van der Waals surface area (Å²) in [7, 11) is 3.85. The topological polar surface area (TPSA) is 60.0 Å². The van der Waals surface area contributed by atoms with E-state index >= 15 is 0 Å². The number of nitrogens with zero attached hydrogens (tertiary/aromatic N) is 1. The number of hydrogen-bond donors (Lipinski definition) is 1. The van der Waals surface area contributed by atoms with Crippen LogP contribution >= 0.6 is 0 Å². The number of likely N-dealkylation sites (N-methyl/N-ethyl adjacent to an activating group) is 1. The molecule has 1 unspecified atom stereocenters. The number of aryl methyl sites for hydroxylation is 1. The van der Waals surface area contributed by atoms with Crippen molar-refractivity contribution in [3.05, 3.63) is 59.2 Å². The number of methoxy groups -OCH3 is 1. The van der Waals surface area contributed by atoms with Gasteiger partial charge in [0.25, 0.3) is 0 Å². The van der Waals surface area contributed by atoms with Crippen molar-refractivity contribution in [2.45, 2.75) is 57.0 Å². The molecule has 0 spiro atoms. The Hall–Kier alpha value is -2.57. The number of nitrogens with one attached hydrogen (secondary N) is 1. The van der Waals surface area contributed by atoms with Crippen LogP contribution in [0.1, 0.15) is 54.7 Å². The van der Waals surface area contributed by atoms with Gasteiger partial charge in [-0.2, -0.15) is 0 Å². The van der Waals surface area contributed by atoms with Crippen LogP contribution in [0, 0.1) is 0 Å². The van der Waals surface area contributed by atoms with Crippen molar-refractivity contribution in [1.82, 2.24) is 10.2 Å². The lowest BCUT2D eigenvalue weighted by Gasteiger charge is -2.31. The summed E-state index contributed by atoms with van der Waals surface area (Å²) in [6.07, 6.45) is 5.93. The van der Waals surface area contributed by atoms with Crippen molar-refractivity contribution < 1.29 is 19.0 Å². The first-order valence-corrected chi connectivity index (χ1v) is 12.6. The van der Waals surface area contributed by atoms with Crippen molar-refractivity contribution in [2.24, 2.45) is 0 Å². The van der Waals surface area contributed by atoms with Crippen LogP contribution in [0.3, 0.4) is 0 Å². The summed E-state index contributed by atoms with van der Waals surface area (Å²) in [4.78, 5) is 15.1. The molecule has 6 heteroatoms. The summed E-state index contributed by atoms with van der Waals surface area (Å²) in [5.41, 5.74) is 3.66. The summed E-state index contributed by atoms with van der Waals surface area (Å²) in [5, 5.41) is 3.10. The summed E-state index contributed by atoms with van der Waals surface area (Å²) in [5.74, 6) is 2.11. The fourth-order valence-corrected chi connectivity index (χ4v) is 5.09. The third-order valence-electron chi connectivity index (χ3n) is 7.14. The van der Waals surface area contributed by atoms with E-state index < -0.39 is 0 Å². The third kappa shape index (κ3) is 6.73. The van der Waals surface area contributed by atoms with Crippen molar-refractivity contribution in [2.75, 3.05) is 40.5 Å². The molecule has 0 radical (unpaired) electrons. The molecule has 1 aliphatic heterocycles. The van der Waals surface area contributed by atoms with E-state index in [4.69, 9.17) is 14.2 Å². The average molecular weight is 467 g/mol. The molecule has 0 aromatic heterocycles. The fraction of sp³-hybridized carbons (Fsp3) is 0.536. The molecule has 1 heterocycles. The normalized spacial score (nSPS) is 18.4. The standard InChI is InChI=1S/C28H38N2O4/c1-30(24-11-14-33-15-12-24)13-16-34-26-8-3-5-21(17-26)20-29-28(31)19-23-7-4-6-22-18-25(32-2)9-10-27(22)23/h3,5,8-10,17-18,23-24H,4,6-7,11-16,19-20H2,1-2H3,(H,29,31). The molecule has 6 nitrogen and oxygen atoms in total. The van der Waals surface area contributed by atoms with E-state index in [0.29, 0.717) is 25.6 Å². The summed E-state index contributed by atoms with van der Waals surface area (Å²) in [6.45, 7) is 3.76. The van der Waals surface area contributed by atoms with Crippen LogP contribution in [-0.4, -0.2) is 57.4 Å². The Morgan fingerprint density at radius 2 is 1.97 bits per heavy atom. The van der Waals surface area contributed by atoms with Crippen molar-refractivity contribution in [1.29, 1.82) is 0 Å². The molecular weight excluding hydrogens is 428 g/mol. The van der Waals surface area contributed by atoms with E-state index in [1.54, 1.807) is 7.11 Å². The smallest absolute Gasteiger partial charge is 0.220 e. The molecule has 0 bridgehead atoms. The Morgan fingerprint density at radius 1 is 1.12 bits per heavy atom. The van der Waals surface area contributed by atoms with Gasteiger partial charge >= 0.3 is 0 Å². The number of amides is 1. The van der Waals surface area contributed by atoms with Gasteiger partial charge in [0, 0.05) is 38.8 Å². The molecule has 4 rings (SSSR count). The van der Waals surface area contributed by atoms with Gasteiger partial charge in [0.15, 0.2) is 0 Å². The number of carbonyl (C=O) groups excluding carboxylic acids is 1. The van der Waals surface area contributed by atoms with Crippen molar-refractivity contribution >= 4 is 5.91 Å². The highest BCUT2D eigenvalue weighted by atomic mass is 16.5. The second-order valence-corrected chi connectivity index (χ2v) is 9.45. The van der Waals surface area contributed by atoms with Crippen molar-refractivity contribution in [3.8, 4) is 11.5 Å². The summed E-state index contributed by atoms with van der Waals surface area (Å²) in [6, 6.07) is 14.9. The fourth-order valence-electron chi connectivity index (χ4n) is 5.09. The highest BCUT2D eigenvalue weighted by Crippen LogP contribution is 2.35. The maximum atomic E-state index is 12.7. The third-order valence-corrected chi connectivity index (χ3v) is 7.14. The molecule has 2 aromatic carbocycles. The van der Waals surface area contributed by atoms with E-state index in [0.717, 1.165) is 68.9 Å². The zero-order chi connectivity index (χ0) is 23.8. The second kappa shape index (κ2) is 12.2. The minimum atomic E-state index is 0.0954. The van der Waals surface area contributed by atoms with E-state index in [1.807, 2.05) is 30.3 Å². The first kappa shape index (κ1) is 24.6. The monoisotopic (exact) mass is 466 g/mol. The molecule has 2 aromatic rings. The largest absolute Gasteiger partial charge is 0.497 e. The lowest BCUT2D eigenvalue weighted by atomic mass is 9.81. The maximum absolute atomic E-state index is 12.7. The second-order valence-electron chi connectivity index (χ2n) is 9.45. The van der Waals surface area contributed by atoms with Gasteiger partial charge in [-0.3, -0.25) is 9.69 Å². The zero-order valence-electron chi connectivity index (χ0n) is 20.6. The van der Waals surface area contributed by atoms with Crippen LogP contribution in [-0.2, 0) is 22.5 Å². The lowest BCUT2D eigenvalue weighted by molar-refractivity contribution is -0.121. The molecule has 1 saturated heterocycles. The van der Waals surface area contributed by atoms with E-state index in [9.17, 15) is 4.79 Å². The van der Waals surface area contributed by atoms with Gasteiger partial charge < -0.3 is 19.5 Å². The van der Waals surface area contributed by atoms with Gasteiger partial charge in [-0.25, -0.2) is 0 Å². The number of rotatable bonds is 10. The SMILES string of the molecule is COc1ccc2c(c1)CCCC2CC(=O)NCc1cccc(OCCN(C)C2CCOCC2)c1. The van der Waals surface area contributed by atoms with Gasteiger partial charge in [-0.15, -0.1) is 0 Å². The minimum Gasteiger partial charge on any atom is -0.497 e. The molecule has 184 valence electrons. The molecular formula is C28H38N2O4. The predicted octanol–water partition coefficient (Wildman–Crippen LogP) is 4.31. The summed E-state index contributed by atoms with van der Waals surface area (Å²) < 4.78 is 16.8. The predicted molar refractivity (Wildman–Crippen MR) is 134 cm³/mol. The molecule has 2 aliphatic rings. The number of fused-ring (bicyclic) bond motifs is 1. The Morgan fingerprint density at radius 3 is 2.79 bits per heavy atom.